The van der Waals surface area contributed by atoms with Gasteiger partial charge in [-0.3, -0.25) is 9.59 Å². The molecule has 7 heteroatoms. The van der Waals surface area contributed by atoms with Crippen molar-refractivity contribution in [3.05, 3.63) is 60.2 Å². The quantitative estimate of drug-likeness (QED) is 0.712. The summed E-state index contributed by atoms with van der Waals surface area (Å²) in [7, 11) is 3.19. The van der Waals surface area contributed by atoms with E-state index in [1.807, 2.05) is 48.5 Å². The molecular weight excluding hydrogens is 382 g/mol. The second-order valence-corrected chi connectivity index (χ2v) is 7.00. The van der Waals surface area contributed by atoms with Crippen LogP contribution in [-0.4, -0.2) is 63.7 Å². The predicted octanol–water partition coefficient (Wildman–Crippen LogP) is 2.64. The fourth-order valence-electron chi connectivity index (χ4n) is 3.11. The van der Waals surface area contributed by atoms with E-state index in [1.165, 1.54) is 11.0 Å². The summed E-state index contributed by atoms with van der Waals surface area (Å²) in [6.07, 6.45) is 3.14. The Morgan fingerprint density at radius 1 is 1.17 bits per heavy atom. The summed E-state index contributed by atoms with van der Waals surface area (Å²) in [4.78, 5) is 28.2. The number of amides is 2. The minimum atomic E-state index is -0.254. The van der Waals surface area contributed by atoms with Crippen LogP contribution in [0, 0.1) is 0 Å². The number of nitrogens with zero attached hydrogens (tertiary/aromatic N) is 2. The zero-order valence-electron chi connectivity index (χ0n) is 17.3. The Labute approximate surface area is 176 Å². The van der Waals surface area contributed by atoms with Gasteiger partial charge in [0.25, 0.3) is 0 Å². The van der Waals surface area contributed by atoms with E-state index in [1.54, 1.807) is 20.2 Å². The number of anilines is 2. The topological polar surface area (TPSA) is 71.1 Å². The molecule has 0 bridgehead atoms. The third-order valence-electron chi connectivity index (χ3n) is 4.80. The highest BCUT2D eigenvalue weighted by Crippen LogP contribution is 2.19. The Morgan fingerprint density at radius 3 is 2.60 bits per heavy atom. The number of hydrogen-bond donors (Lipinski definition) is 1. The Balaban J connectivity index is 1.49. The number of nitrogens with one attached hydrogen (secondary N) is 1. The van der Waals surface area contributed by atoms with Crippen molar-refractivity contribution in [3.63, 3.8) is 0 Å². The van der Waals surface area contributed by atoms with Crippen LogP contribution in [0.2, 0.25) is 0 Å². The Morgan fingerprint density at radius 2 is 1.90 bits per heavy atom. The molecule has 1 aliphatic rings. The number of hydrogen-bond acceptors (Lipinski definition) is 5. The molecule has 1 aliphatic heterocycles. The van der Waals surface area contributed by atoms with E-state index >= 15 is 0 Å². The molecule has 0 aliphatic carbocycles. The number of carbonyl (C=O) groups is 2. The van der Waals surface area contributed by atoms with E-state index in [0.717, 1.165) is 43.3 Å². The molecule has 0 unspecified atom stereocenters. The number of methoxy groups -OCH3 is 1. The molecule has 158 valence electrons. The van der Waals surface area contributed by atoms with Gasteiger partial charge in [0.1, 0.15) is 5.75 Å². The van der Waals surface area contributed by atoms with E-state index in [0.29, 0.717) is 5.69 Å². The third-order valence-corrected chi connectivity index (χ3v) is 4.80. The highest BCUT2D eigenvalue weighted by atomic mass is 16.5. The van der Waals surface area contributed by atoms with Gasteiger partial charge in [-0.25, -0.2) is 0 Å². The Hall–Kier alpha value is -3.32. The molecule has 1 N–H and O–H groups in total. The van der Waals surface area contributed by atoms with Crippen molar-refractivity contribution in [2.24, 2.45) is 0 Å². The van der Waals surface area contributed by atoms with Crippen LogP contribution in [-0.2, 0) is 14.3 Å². The van der Waals surface area contributed by atoms with Crippen LogP contribution >= 0.6 is 0 Å². The highest BCUT2D eigenvalue weighted by molar-refractivity contribution is 5.98. The van der Waals surface area contributed by atoms with Crippen molar-refractivity contribution in [2.75, 3.05) is 57.2 Å². The molecule has 7 nitrogen and oxygen atoms in total. The monoisotopic (exact) mass is 409 g/mol. The summed E-state index contributed by atoms with van der Waals surface area (Å²) in [6, 6.07) is 15.1. The van der Waals surface area contributed by atoms with Gasteiger partial charge in [0, 0.05) is 37.6 Å². The van der Waals surface area contributed by atoms with E-state index in [4.69, 9.17) is 9.47 Å². The van der Waals surface area contributed by atoms with E-state index in [-0.39, 0.29) is 18.4 Å². The lowest BCUT2D eigenvalue weighted by atomic mass is 10.2. The maximum absolute atomic E-state index is 12.3. The van der Waals surface area contributed by atoms with Gasteiger partial charge in [-0.2, -0.15) is 0 Å². The summed E-state index contributed by atoms with van der Waals surface area (Å²) < 4.78 is 10.5. The van der Waals surface area contributed by atoms with Crippen LogP contribution in [0.3, 0.4) is 0 Å². The summed E-state index contributed by atoms with van der Waals surface area (Å²) in [6.45, 7) is 3.15. The standard InChI is InChI=1S/C23H27N3O4/c1-25(23(28)11-6-18-4-3-5-21(16-18)29-2)17-22(27)24-19-7-9-20(10-8-19)26-12-14-30-15-13-26/h3-11,16H,12-15,17H2,1-2H3,(H,24,27). The van der Waals surface area contributed by atoms with Gasteiger partial charge < -0.3 is 24.6 Å². The van der Waals surface area contributed by atoms with E-state index < -0.39 is 0 Å². The Kier molecular flexibility index (Phi) is 7.45. The first kappa shape index (κ1) is 21.4. The van der Waals surface area contributed by atoms with E-state index in [2.05, 4.69) is 10.2 Å². The SMILES string of the molecule is COc1cccc(C=CC(=O)N(C)CC(=O)Nc2ccc(N3CCOCC3)cc2)c1. The lowest BCUT2D eigenvalue weighted by Crippen LogP contribution is -2.36. The van der Waals surface area contributed by atoms with Crippen molar-refractivity contribution >= 4 is 29.3 Å². The van der Waals surface area contributed by atoms with Crippen molar-refractivity contribution in [2.45, 2.75) is 0 Å². The van der Waals surface area contributed by atoms with Crippen molar-refractivity contribution in [3.8, 4) is 5.75 Å². The summed E-state index contributed by atoms with van der Waals surface area (Å²) in [5.74, 6) is 0.215. The number of ether oxygens (including phenoxy) is 2. The number of morpholine rings is 1. The number of rotatable bonds is 7. The van der Waals surface area contributed by atoms with Gasteiger partial charge in [0.2, 0.25) is 11.8 Å². The van der Waals surface area contributed by atoms with Gasteiger partial charge in [0.15, 0.2) is 0 Å². The Bertz CT molecular complexity index is 890. The third kappa shape index (κ3) is 6.09. The average Bonchev–Trinajstić information content (AvgIpc) is 2.78. The van der Waals surface area contributed by atoms with Gasteiger partial charge in [-0.05, 0) is 48.0 Å². The van der Waals surface area contributed by atoms with E-state index in [9.17, 15) is 9.59 Å². The van der Waals surface area contributed by atoms with Crippen LogP contribution in [0.1, 0.15) is 5.56 Å². The lowest BCUT2D eigenvalue weighted by molar-refractivity contribution is -0.129. The van der Waals surface area contributed by atoms with Crippen LogP contribution < -0.4 is 15.0 Å². The molecule has 30 heavy (non-hydrogen) atoms. The van der Waals surface area contributed by atoms with Crippen LogP contribution in [0.4, 0.5) is 11.4 Å². The molecule has 2 amide bonds. The maximum Gasteiger partial charge on any atom is 0.246 e. The molecule has 1 fully saturated rings. The molecule has 2 aromatic rings. The first-order chi connectivity index (χ1) is 14.5. The predicted molar refractivity (Wildman–Crippen MR) is 118 cm³/mol. The minimum Gasteiger partial charge on any atom is -0.497 e. The summed E-state index contributed by atoms with van der Waals surface area (Å²) in [5, 5.41) is 2.83. The molecular formula is C23H27N3O4. The molecule has 0 radical (unpaired) electrons. The van der Waals surface area contributed by atoms with Crippen LogP contribution in [0.25, 0.3) is 6.08 Å². The van der Waals surface area contributed by atoms with Crippen molar-refractivity contribution in [1.82, 2.24) is 4.90 Å². The minimum absolute atomic E-state index is 0.0352. The second-order valence-electron chi connectivity index (χ2n) is 7.00. The lowest BCUT2D eigenvalue weighted by Gasteiger charge is -2.28. The second kappa shape index (κ2) is 10.5. The van der Waals surface area contributed by atoms with Crippen molar-refractivity contribution in [1.29, 1.82) is 0 Å². The summed E-state index contributed by atoms with van der Waals surface area (Å²) in [5.41, 5.74) is 2.65. The van der Waals surface area contributed by atoms with Gasteiger partial charge >= 0.3 is 0 Å². The zero-order valence-corrected chi connectivity index (χ0v) is 17.3. The number of likely N-dealkylation sites (N-methyl/N-ethyl adjacent to an activating group) is 1. The van der Waals surface area contributed by atoms with Gasteiger partial charge in [-0.15, -0.1) is 0 Å². The largest absolute Gasteiger partial charge is 0.497 e. The van der Waals surface area contributed by atoms with Crippen molar-refractivity contribution < 1.29 is 19.1 Å². The van der Waals surface area contributed by atoms with Crippen LogP contribution in [0.5, 0.6) is 5.75 Å². The molecule has 1 heterocycles. The normalized spacial score (nSPS) is 13.9. The smallest absolute Gasteiger partial charge is 0.246 e. The number of carbonyl (C=O) groups excluding carboxylic acids is 2. The maximum atomic E-state index is 12.3. The summed E-state index contributed by atoms with van der Waals surface area (Å²) >= 11 is 0. The molecule has 0 spiro atoms. The fraction of sp³-hybridized carbons (Fsp3) is 0.304. The molecule has 1 saturated heterocycles. The molecule has 0 aromatic heterocycles. The van der Waals surface area contributed by atoms with Crippen LogP contribution in [0.15, 0.2) is 54.6 Å². The number of benzene rings is 2. The molecule has 0 saturated carbocycles. The molecule has 0 atom stereocenters. The first-order valence-corrected chi connectivity index (χ1v) is 9.85. The fourth-order valence-corrected chi connectivity index (χ4v) is 3.11. The highest BCUT2D eigenvalue weighted by Gasteiger charge is 2.13. The molecule has 2 aromatic carbocycles. The molecule has 3 rings (SSSR count). The average molecular weight is 409 g/mol. The van der Waals surface area contributed by atoms with Gasteiger partial charge in [-0.1, -0.05) is 12.1 Å². The van der Waals surface area contributed by atoms with Gasteiger partial charge in [0.05, 0.1) is 26.9 Å². The first-order valence-electron chi connectivity index (χ1n) is 9.85. The zero-order chi connectivity index (χ0) is 21.3.